The molecule has 1 unspecified atom stereocenters. The third kappa shape index (κ3) is 4.08. The molecule has 1 aromatic carbocycles. The van der Waals surface area contributed by atoms with E-state index >= 15 is 0 Å². The molecule has 4 rings (SSSR count). The van der Waals surface area contributed by atoms with Crippen molar-refractivity contribution in [3.63, 3.8) is 0 Å². The third-order valence-corrected chi connectivity index (χ3v) is 6.43. The summed E-state index contributed by atoms with van der Waals surface area (Å²) in [7, 11) is 1.59. The number of rotatable bonds is 6. The van der Waals surface area contributed by atoms with Gasteiger partial charge in [-0.2, -0.15) is 0 Å². The molecule has 2 N–H and O–H groups in total. The van der Waals surface area contributed by atoms with E-state index in [1.807, 2.05) is 24.3 Å². The fraction of sp³-hybridized carbons (Fsp3) is 0.276. The van der Waals surface area contributed by atoms with Gasteiger partial charge in [0.05, 0.1) is 13.0 Å². The molecule has 0 bridgehead atoms. The molecule has 5 nitrogen and oxygen atoms in total. The second-order valence-corrected chi connectivity index (χ2v) is 9.01. The number of hydrogen-bond acceptors (Lipinski definition) is 5. The van der Waals surface area contributed by atoms with Crippen LogP contribution in [0.3, 0.4) is 0 Å². The topological polar surface area (TPSA) is 79.9 Å². The SMILES string of the molecule is COc1ccccc1C(c1cc(C)c2cc(C(C)C)ccc(C)c1-2)c1oc(CO)cc(=O)c1O. The number of ether oxygens (including phenoxy) is 1. The fourth-order valence-corrected chi connectivity index (χ4v) is 4.65. The zero-order valence-corrected chi connectivity index (χ0v) is 20.2. The quantitative estimate of drug-likeness (QED) is 0.378. The summed E-state index contributed by atoms with van der Waals surface area (Å²) in [6.45, 7) is 8.01. The second kappa shape index (κ2) is 9.35. The molecule has 2 aromatic rings. The molecule has 0 radical (unpaired) electrons. The maximum atomic E-state index is 12.6. The number of benzene rings is 1. The van der Waals surface area contributed by atoms with Gasteiger partial charge >= 0.3 is 0 Å². The average Bonchev–Trinajstić information content (AvgIpc) is 3.02. The van der Waals surface area contributed by atoms with E-state index < -0.39 is 23.7 Å². The van der Waals surface area contributed by atoms with Crippen molar-refractivity contribution in [2.24, 2.45) is 0 Å². The largest absolute Gasteiger partial charge is 0.502 e. The average molecular weight is 459 g/mol. The van der Waals surface area contributed by atoms with E-state index in [1.165, 1.54) is 5.56 Å². The van der Waals surface area contributed by atoms with Crippen LogP contribution < -0.4 is 10.2 Å². The molecule has 2 aliphatic rings. The lowest BCUT2D eigenvalue weighted by atomic mass is 9.85. The minimum absolute atomic E-state index is 0.0861. The second-order valence-electron chi connectivity index (χ2n) is 9.01. The van der Waals surface area contributed by atoms with Crippen LogP contribution in [0, 0.1) is 13.8 Å². The summed E-state index contributed by atoms with van der Waals surface area (Å²) in [5, 5.41) is 20.6. The van der Waals surface area contributed by atoms with E-state index in [-0.39, 0.29) is 11.5 Å². The Morgan fingerprint density at radius 2 is 1.71 bits per heavy atom. The first-order valence-corrected chi connectivity index (χ1v) is 11.4. The highest BCUT2D eigenvalue weighted by Gasteiger charge is 2.32. The van der Waals surface area contributed by atoms with E-state index in [1.54, 1.807) is 7.11 Å². The van der Waals surface area contributed by atoms with Crippen molar-refractivity contribution in [3.8, 4) is 22.6 Å². The third-order valence-electron chi connectivity index (χ3n) is 6.43. The highest BCUT2D eigenvalue weighted by atomic mass is 16.5. The van der Waals surface area contributed by atoms with Gasteiger partial charge in [0.25, 0.3) is 0 Å². The molecular weight excluding hydrogens is 428 g/mol. The maximum absolute atomic E-state index is 12.6. The monoisotopic (exact) mass is 458 g/mol. The molecule has 0 saturated carbocycles. The van der Waals surface area contributed by atoms with Crippen molar-refractivity contribution in [2.45, 2.75) is 46.1 Å². The minimum atomic E-state index is -0.629. The number of fused-ring (bicyclic) bond motifs is 1. The molecule has 176 valence electrons. The van der Waals surface area contributed by atoms with Crippen molar-refractivity contribution in [2.75, 3.05) is 7.11 Å². The van der Waals surface area contributed by atoms with E-state index in [0.29, 0.717) is 11.7 Å². The highest BCUT2D eigenvalue weighted by Crippen LogP contribution is 2.47. The molecule has 0 fully saturated rings. The summed E-state index contributed by atoms with van der Waals surface area (Å²) in [6.07, 6.45) is 0. The van der Waals surface area contributed by atoms with Crippen molar-refractivity contribution in [3.05, 3.63) is 104 Å². The molecule has 0 aliphatic heterocycles. The van der Waals surface area contributed by atoms with E-state index in [0.717, 1.165) is 39.4 Å². The van der Waals surface area contributed by atoms with Gasteiger partial charge in [-0.3, -0.25) is 4.79 Å². The molecule has 0 amide bonds. The predicted octanol–water partition coefficient (Wildman–Crippen LogP) is 5.87. The zero-order valence-electron chi connectivity index (χ0n) is 20.2. The Hall–Kier alpha value is -3.57. The Labute approximate surface area is 199 Å². The van der Waals surface area contributed by atoms with Crippen LogP contribution in [-0.2, 0) is 6.61 Å². The Morgan fingerprint density at radius 3 is 2.38 bits per heavy atom. The van der Waals surface area contributed by atoms with Crippen LogP contribution in [0.1, 0.15) is 65.0 Å². The maximum Gasteiger partial charge on any atom is 0.227 e. The molecule has 2 aliphatic carbocycles. The van der Waals surface area contributed by atoms with E-state index in [9.17, 15) is 15.0 Å². The number of hydrogen-bond donors (Lipinski definition) is 2. The Morgan fingerprint density at radius 1 is 0.971 bits per heavy atom. The number of para-hydroxylation sites is 1. The van der Waals surface area contributed by atoms with Crippen LogP contribution in [0.2, 0.25) is 0 Å². The predicted molar refractivity (Wildman–Crippen MR) is 133 cm³/mol. The highest BCUT2D eigenvalue weighted by molar-refractivity contribution is 5.80. The summed E-state index contributed by atoms with van der Waals surface area (Å²) < 4.78 is 11.6. The summed E-state index contributed by atoms with van der Waals surface area (Å²) in [5.41, 5.74) is 6.59. The van der Waals surface area contributed by atoms with E-state index in [4.69, 9.17) is 9.15 Å². The summed E-state index contributed by atoms with van der Waals surface area (Å²) in [6, 6.07) is 17.2. The smallest absolute Gasteiger partial charge is 0.227 e. The molecule has 1 atom stereocenters. The number of aryl methyl sites for hydroxylation is 2. The Kier molecular flexibility index (Phi) is 6.49. The van der Waals surface area contributed by atoms with Crippen LogP contribution in [0.5, 0.6) is 11.5 Å². The normalized spacial score (nSPS) is 12.3. The molecule has 34 heavy (non-hydrogen) atoms. The molecule has 0 saturated heterocycles. The van der Waals surface area contributed by atoms with Crippen LogP contribution in [0.15, 0.2) is 63.8 Å². The summed E-state index contributed by atoms with van der Waals surface area (Å²) in [4.78, 5) is 12.6. The Bertz CT molecular complexity index is 1370. The van der Waals surface area contributed by atoms with E-state index in [2.05, 4.69) is 52.0 Å². The summed E-state index contributed by atoms with van der Waals surface area (Å²) in [5.74, 6) is 0.0477. The first kappa shape index (κ1) is 23.6. The zero-order chi connectivity index (χ0) is 24.6. The first-order valence-electron chi connectivity index (χ1n) is 11.4. The van der Waals surface area contributed by atoms with Crippen molar-refractivity contribution in [1.82, 2.24) is 0 Å². The summed E-state index contributed by atoms with van der Waals surface area (Å²) >= 11 is 0. The van der Waals surface area contributed by atoms with Gasteiger partial charge in [0.1, 0.15) is 18.1 Å². The molecular formula is C29H30O5. The van der Waals surface area contributed by atoms with Crippen molar-refractivity contribution >= 4 is 0 Å². The van der Waals surface area contributed by atoms with Crippen molar-refractivity contribution in [1.29, 1.82) is 0 Å². The lowest BCUT2D eigenvalue weighted by Crippen LogP contribution is -2.12. The van der Waals surface area contributed by atoms with Gasteiger partial charge in [-0.25, -0.2) is 0 Å². The van der Waals surface area contributed by atoms with Crippen molar-refractivity contribution < 1.29 is 19.4 Å². The molecule has 0 spiro atoms. The van der Waals surface area contributed by atoms with Gasteiger partial charge in [0, 0.05) is 11.6 Å². The van der Waals surface area contributed by atoms with Gasteiger partial charge in [0.15, 0.2) is 5.76 Å². The van der Waals surface area contributed by atoms with Gasteiger partial charge < -0.3 is 19.4 Å². The Balaban J connectivity index is 2.10. The van der Waals surface area contributed by atoms with Gasteiger partial charge in [-0.05, 0) is 59.2 Å². The number of aliphatic hydroxyl groups is 1. The van der Waals surface area contributed by atoms with Gasteiger partial charge in [0.2, 0.25) is 11.2 Å². The van der Waals surface area contributed by atoms with Crippen LogP contribution >= 0.6 is 0 Å². The molecule has 1 aromatic heterocycles. The first-order chi connectivity index (χ1) is 16.3. The van der Waals surface area contributed by atoms with Crippen LogP contribution in [-0.4, -0.2) is 17.3 Å². The number of aromatic hydroxyl groups is 1. The lowest BCUT2D eigenvalue weighted by molar-refractivity contribution is 0.234. The van der Waals surface area contributed by atoms with Gasteiger partial charge in [-0.15, -0.1) is 0 Å². The lowest BCUT2D eigenvalue weighted by Gasteiger charge is -2.22. The number of methoxy groups -OCH3 is 1. The fourth-order valence-electron chi connectivity index (χ4n) is 4.65. The minimum Gasteiger partial charge on any atom is -0.502 e. The molecule has 5 heteroatoms. The van der Waals surface area contributed by atoms with Gasteiger partial charge in [-0.1, -0.05) is 56.3 Å². The van der Waals surface area contributed by atoms with Crippen LogP contribution in [0.4, 0.5) is 0 Å². The van der Waals surface area contributed by atoms with Crippen LogP contribution in [0.25, 0.3) is 11.1 Å². The molecule has 1 heterocycles. The number of aliphatic hydroxyl groups excluding tert-OH is 1. The standard InChI is InChI=1S/C29H30O5/c1-16(2)19-11-10-17(3)26-22(13-19)18(4)12-23(26)27(21-8-6-7-9-25(21)33-5)29-28(32)24(31)14-20(15-30)34-29/h6-14,16,27,30,32H,15H2,1-5H3.